The summed E-state index contributed by atoms with van der Waals surface area (Å²) in [6.07, 6.45) is 3.59. The van der Waals surface area contributed by atoms with Crippen LogP contribution in [0.5, 0.6) is 11.5 Å². The molecule has 0 aromatic heterocycles. The van der Waals surface area contributed by atoms with Crippen molar-refractivity contribution < 1.29 is 19.1 Å². The van der Waals surface area contributed by atoms with E-state index in [0.29, 0.717) is 11.5 Å². The van der Waals surface area contributed by atoms with Crippen molar-refractivity contribution in [3.05, 3.63) is 81.7 Å². The van der Waals surface area contributed by atoms with E-state index in [0.717, 1.165) is 56.2 Å². The molecule has 2 atom stereocenters. The summed E-state index contributed by atoms with van der Waals surface area (Å²) in [7, 11) is 0. The number of benzene rings is 4. The first-order chi connectivity index (χ1) is 18.5. The molecule has 1 saturated carbocycles. The number of hydrogen-bond acceptors (Lipinski definition) is 4. The van der Waals surface area contributed by atoms with Gasteiger partial charge >= 0.3 is 0 Å². The van der Waals surface area contributed by atoms with E-state index in [1.165, 1.54) is 0 Å². The van der Waals surface area contributed by atoms with Crippen LogP contribution in [-0.2, 0) is 9.59 Å². The van der Waals surface area contributed by atoms with E-state index >= 15 is 0 Å². The van der Waals surface area contributed by atoms with Crippen LogP contribution in [-0.4, -0.2) is 37.1 Å². The zero-order valence-corrected chi connectivity index (χ0v) is 23.9. The third-order valence-corrected chi connectivity index (χ3v) is 8.47. The molecule has 1 aliphatic rings. The monoisotopic (exact) mass is 638 g/mol. The predicted molar refractivity (Wildman–Crippen MR) is 157 cm³/mol. The molecule has 2 N–H and O–H groups in total. The predicted octanol–water partition coefficient (Wildman–Crippen LogP) is 6.52. The Bertz CT molecular complexity index is 1360. The molecule has 0 saturated heterocycles. The van der Waals surface area contributed by atoms with Crippen LogP contribution in [0.2, 0.25) is 0 Å². The van der Waals surface area contributed by atoms with Gasteiger partial charge in [0.25, 0.3) is 11.8 Å². The number of hydrogen-bond donors (Lipinski definition) is 2. The minimum Gasteiger partial charge on any atom is -0.483 e. The molecule has 4 aromatic carbocycles. The average molecular weight is 640 g/mol. The van der Waals surface area contributed by atoms with Crippen LogP contribution in [0.4, 0.5) is 0 Å². The van der Waals surface area contributed by atoms with Gasteiger partial charge in [-0.15, -0.1) is 0 Å². The van der Waals surface area contributed by atoms with E-state index in [9.17, 15) is 9.59 Å². The highest BCUT2D eigenvalue weighted by atomic mass is 79.9. The van der Waals surface area contributed by atoms with Gasteiger partial charge in [-0.2, -0.15) is 0 Å². The summed E-state index contributed by atoms with van der Waals surface area (Å²) in [5.74, 6) is 0.800. The van der Waals surface area contributed by atoms with Crippen molar-refractivity contribution in [2.75, 3.05) is 13.2 Å². The molecule has 0 aliphatic heterocycles. The fourth-order valence-corrected chi connectivity index (χ4v) is 6.13. The van der Waals surface area contributed by atoms with Crippen molar-refractivity contribution in [3.63, 3.8) is 0 Å². The van der Waals surface area contributed by atoms with Crippen LogP contribution in [0, 0.1) is 0 Å². The second-order valence-corrected chi connectivity index (χ2v) is 11.0. The second-order valence-electron chi connectivity index (χ2n) is 9.41. The fraction of sp³-hybridized carbons (Fsp3) is 0.267. The van der Waals surface area contributed by atoms with Crippen LogP contribution >= 0.6 is 31.9 Å². The zero-order chi connectivity index (χ0) is 26.5. The molecular weight excluding hydrogens is 612 g/mol. The molecular formula is C30H28Br2N2O4. The minimum atomic E-state index is -0.215. The van der Waals surface area contributed by atoms with Gasteiger partial charge in [-0.1, -0.05) is 73.5 Å². The average Bonchev–Trinajstić information content (AvgIpc) is 2.94. The number of nitrogens with one attached hydrogen (secondary N) is 2. The topological polar surface area (TPSA) is 76.7 Å². The third-order valence-electron chi connectivity index (χ3n) is 6.83. The van der Waals surface area contributed by atoms with Crippen LogP contribution in [0.3, 0.4) is 0 Å². The summed E-state index contributed by atoms with van der Waals surface area (Å²) >= 11 is 7.19. The van der Waals surface area contributed by atoms with E-state index < -0.39 is 0 Å². The molecule has 1 fully saturated rings. The summed E-state index contributed by atoms with van der Waals surface area (Å²) in [6, 6.07) is 23.3. The van der Waals surface area contributed by atoms with Crippen molar-refractivity contribution in [3.8, 4) is 11.5 Å². The van der Waals surface area contributed by atoms with Crippen LogP contribution < -0.4 is 20.1 Å². The van der Waals surface area contributed by atoms with Gasteiger partial charge in [-0.05, 0) is 78.4 Å². The Labute approximate surface area is 238 Å². The summed E-state index contributed by atoms with van der Waals surface area (Å²) in [6.45, 7) is -0.208. The number of amides is 2. The summed E-state index contributed by atoms with van der Waals surface area (Å²) in [4.78, 5) is 25.5. The van der Waals surface area contributed by atoms with E-state index in [1.54, 1.807) is 0 Å². The first kappa shape index (κ1) is 26.5. The van der Waals surface area contributed by atoms with Crippen molar-refractivity contribution >= 4 is 65.2 Å². The Kier molecular flexibility index (Phi) is 8.49. The maximum atomic E-state index is 12.8. The number of carbonyl (C=O) groups is 2. The van der Waals surface area contributed by atoms with Gasteiger partial charge in [0.2, 0.25) is 0 Å². The number of halogens is 2. The largest absolute Gasteiger partial charge is 0.483 e. The maximum absolute atomic E-state index is 12.8. The van der Waals surface area contributed by atoms with Crippen LogP contribution in [0.25, 0.3) is 21.5 Å². The molecule has 0 unspecified atom stereocenters. The van der Waals surface area contributed by atoms with Gasteiger partial charge in [0.05, 0.1) is 8.95 Å². The van der Waals surface area contributed by atoms with Crippen LogP contribution in [0.1, 0.15) is 25.7 Å². The zero-order valence-electron chi connectivity index (χ0n) is 20.7. The lowest BCUT2D eigenvalue weighted by Crippen LogP contribution is -2.54. The molecule has 5 rings (SSSR count). The third kappa shape index (κ3) is 6.13. The van der Waals surface area contributed by atoms with Gasteiger partial charge in [-0.3, -0.25) is 9.59 Å². The second kappa shape index (κ2) is 12.2. The standard InChI is InChI=1S/C30H28Br2N2O4/c31-29-21-9-3-1-7-19(21)13-15-25(29)37-17-27(35)33-23-11-5-6-12-24(23)34-28(36)18-38-26-16-14-20-8-2-4-10-22(20)30(26)32/h1-4,7-10,13-16,23-24H,5-6,11-12,17-18H2,(H,33,35)(H,34,36)/t23-,24-/m0/s1. The van der Waals surface area contributed by atoms with E-state index in [1.807, 2.05) is 72.8 Å². The number of ether oxygens (including phenoxy) is 2. The van der Waals surface area contributed by atoms with Gasteiger partial charge in [0, 0.05) is 12.1 Å². The number of rotatable bonds is 8. The van der Waals surface area contributed by atoms with Gasteiger partial charge in [0.1, 0.15) is 11.5 Å². The van der Waals surface area contributed by atoms with E-state index in [4.69, 9.17) is 9.47 Å². The minimum absolute atomic E-state index is 0.104. The Morgan fingerprint density at radius 3 is 1.53 bits per heavy atom. The lowest BCUT2D eigenvalue weighted by molar-refractivity contribution is -0.127. The summed E-state index contributed by atoms with van der Waals surface area (Å²) in [5.41, 5.74) is 0. The molecule has 0 bridgehead atoms. The molecule has 0 radical (unpaired) electrons. The number of carbonyl (C=O) groups excluding carboxylic acids is 2. The highest BCUT2D eigenvalue weighted by molar-refractivity contribution is 9.11. The fourth-order valence-electron chi connectivity index (χ4n) is 4.91. The smallest absolute Gasteiger partial charge is 0.258 e. The molecule has 196 valence electrons. The van der Waals surface area contributed by atoms with Crippen molar-refractivity contribution in [1.82, 2.24) is 10.6 Å². The lowest BCUT2D eigenvalue weighted by atomic mass is 9.90. The molecule has 4 aromatic rings. The number of fused-ring (bicyclic) bond motifs is 2. The van der Waals surface area contributed by atoms with Crippen molar-refractivity contribution in [1.29, 1.82) is 0 Å². The summed E-state index contributed by atoms with van der Waals surface area (Å²) in [5, 5.41) is 10.4. The molecule has 2 amide bonds. The van der Waals surface area contributed by atoms with Gasteiger partial charge < -0.3 is 20.1 Å². The van der Waals surface area contributed by atoms with Gasteiger partial charge in [-0.25, -0.2) is 0 Å². The summed E-state index contributed by atoms with van der Waals surface area (Å²) < 4.78 is 13.3. The quantitative estimate of drug-likeness (QED) is 0.230. The Morgan fingerprint density at radius 2 is 1.08 bits per heavy atom. The molecule has 6 nitrogen and oxygen atoms in total. The van der Waals surface area contributed by atoms with Crippen molar-refractivity contribution in [2.45, 2.75) is 37.8 Å². The van der Waals surface area contributed by atoms with Crippen molar-refractivity contribution in [2.24, 2.45) is 0 Å². The molecule has 0 heterocycles. The van der Waals surface area contributed by atoms with Gasteiger partial charge in [0.15, 0.2) is 13.2 Å². The van der Waals surface area contributed by atoms with E-state index in [-0.39, 0.29) is 37.1 Å². The molecule has 0 spiro atoms. The first-order valence-corrected chi connectivity index (χ1v) is 14.3. The maximum Gasteiger partial charge on any atom is 0.258 e. The molecule has 1 aliphatic carbocycles. The highest BCUT2D eigenvalue weighted by Crippen LogP contribution is 2.34. The Hall–Kier alpha value is -3.10. The molecule has 8 heteroatoms. The SMILES string of the molecule is O=C(COc1ccc2ccccc2c1Br)N[C@H]1CCCC[C@@H]1NC(=O)COc1ccc2ccccc2c1Br. The Balaban J connectivity index is 1.14. The normalized spacial score (nSPS) is 17.2. The Morgan fingerprint density at radius 1 is 0.658 bits per heavy atom. The van der Waals surface area contributed by atoms with E-state index in [2.05, 4.69) is 42.5 Å². The highest BCUT2D eigenvalue weighted by Gasteiger charge is 2.28. The molecule has 38 heavy (non-hydrogen) atoms. The first-order valence-electron chi connectivity index (χ1n) is 12.7. The van der Waals surface area contributed by atoms with Crippen LogP contribution in [0.15, 0.2) is 81.7 Å². The lowest BCUT2D eigenvalue weighted by Gasteiger charge is -2.32.